The smallest absolute Gasteiger partial charge is 0.271 e. The van der Waals surface area contributed by atoms with Crippen LogP contribution in [-0.2, 0) is 19.4 Å². The number of rotatable bonds is 5. The molecule has 3 rings (SSSR count). The van der Waals surface area contributed by atoms with Gasteiger partial charge in [-0.15, -0.1) is 0 Å². The molecule has 30 heavy (non-hydrogen) atoms. The molecule has 1 aromatic rings. The Balaban J connectivity index is 2.00. The fourth-order valence-electron chi connectivity index (χ4n) is 3.95. The highest BCUT2D eigenvalue weighted by molar-refractivity contribution is 7.91. The maximum Gasteiger partial charge on any atom is 0.271 e. The average molecular weight is 428 g/mol. The van der Waals surface area contributed by atoms with Crippen LogP contribution in [0.3, 0.4) is 0 Å². The predicted octanol–water partition coefficient (Wildman–Crippen LogP) is 2.31. The second-order valence-electron chi connectivity index (χ2n) is 7.47. The molecular formula is C22H25N3O4S. The zero-order chi connectivity index (χ0) is 22.1. The number of nitriles is 1. The van der Waals surface area contributed by atoms with Crippen molar-refractivity contribution >= 4 is 33.4 Å². The van der Waals surface area contributed by atoms with Gasteiger partial charge in [-0.25, -0.2) is 8.42 Å². The zero-order valence-corrected chi connectivity index (χ0v) is 18.2. The molecular weight excluding hydrogens is 402 g/mol. The number of anilines is 1. The number of hydrogen-bond acceptors (Lipinski definition) is 6. The Labute approximate surface area is 177 Å². The molecule has 2 aliphatic rings. The second kappa shape index (κ2) is 8.44. The van der Waals surface area contributed by atoms with Crippen LogP contribution in [0.2, 0.25) is 0 Å². The highest BCUT2D eigenvalue weighted by Gasteiger charge is 2.43. The monoisotopic (exact) mass is 427 g/mol. The Bertz CT molecular complexity index is 1070. The molecule has 158 valence electrons. The van der Waals surface area contributed by atoms with Gasteiger partial charge in [0.1, 0.15) is 11.6 Å². The van der Waals surface area contributed by atoms with E-state index in [1.165, 1.54) is 0 Å². The zero-order valence-electron chi connectivity index (χ0n) is 17.4. The summed E-state index contributed by atoms with van der Waals surface area (Å²) < 4.78 is 23.8. The molecule has 1 fully saturated rings. The molecule has 0 radical (unpaired) electrons. The van der Waals surface area contributed by atoms with Crippen molar-refractivity contribution < 1.29 is 18.0 Å². The summed E-state index contributed by atoms with van der Waals surface area (Å²) >= 11 is 0. The van der Waals surface area contributed by atoms with Crippen LogP contribution in [0.25, 0.3) is 6.08 Å². The molecule has 8 heteroatoms. The maximum atomic E-state index is 13.2. The molecule has 0 spiro atoms. The first-order chi connectivity index (χ1) is 14.2. The Kier molecular flexibility index (Phi) is 6.13. The topological polar surface area (TPSA) is 98.6 Å². The van der Waals surface area contributed by atoms with Gasteiger partial charge in [-0.1, -0.05) is 12.1 Å². The van der Waals surface area contributed by atoms with Crippen molar-refractivity contribution in [2.24, 2.45) is 0 Å². The normalized spacial score (nSPS) is 22.5. The summed E-state index contributed by atoms with van der Waals surface area (Å²) in [5, 5.41) is 9.50. The summed E-state index contributed by atoms with van der Waals surface area (Å²) in [6.45, 7) is 7.49. The molecule has 2 heterocycles. The fraction of sp³-hybridized carbons (Fsp3) is 0.409. The van der Waals surface area contributed by atoms with E-state index in [-0.39, 0.29) is 29.1 Å². The summed E-state index contributed by atoms with van der Waals surface area (Å²) in [6, 6.07) is 8.85. The van der Waals surface area contributed by atoms with Gasteiger partial charge in [0.05, 0.1) is 17.5 Å². The van der Waals surface area contributed by atoms with E-state index in [1.807, 2.05) is 30.3 Å². The number of hydrogen-bond donors (Lipinski definition) is 0. The first-order valence-corrected chi connectivity index (χ1v) is 11.8. The van der Waals surface area contributed by atoms with E-state index in [0.29, 0.717) is 5.57 Å². The highest BCUT2D eigenvalue weighted by atomic mass is 32.2. The minimum absolute atomic E-state index is 0.0643. The van der Waals surface area contributed by atoms with Gasteiger partial charge in [0, 0.05) is 24.4 Å². The van der Waals surface area contributed by atoms with E-state index in [2.05, 4.69) is 18.7 Å². The van der Waals surface area contributed by atoms with Crippen LogP contribution in [-0.4, -0.2) is 55.8 Å². The van der Waals surface area contributed by atoms with Crippen molar-refractivity contribution in [1.29, 1.82) is 5.26 Å². The number of sulfone groups is 1. The average Bonchev–Trinajstić information content (AvgIpc) is 3.07. The quantitative estimate of drug-likeness (QED) is 0.528. The van der Waals surface area contributed by atoms with Gasteiger partial charge >= 0.3 is 0 Å². The molecule has 1 atom stereocenters. The van der Waals surface area contributed by atoms with Crippen molar-refractivity contribution in [3.8, 4) is 6.07 Å². The van der Waals surface area contributed by atoms with Crippen molar-refractivity contribution in [1.82, 2.24) is 4.90 Å². The summed E-state index contributed by atoms with van der Waals surface area (Å²) in [5.41, 5.74) is 2.27. The minimum Gasteiger partial charge on any atom is -0.372 e. The standard InChI is InChI=1S/C22H25N3O4S/c1-4-24(5-2)17-8-6-16(7-9-17)12-19-15(3)20(13-23)22(27)25(21(19)26)18-10-11-30(28,29)14-18/h6-9,12,18H,4-5,10-11,14H2,1-3H3. The summed E-state index contributed by atoms with van der Waals surface area (Å²) in [7, 11) is -3.29. The number of amides is 2. The Morgan fingerprint density at radius 3 is 2.30 bits per heavy atom. The lowest BCUT2D eigenvalue weighted by molar-refractivity contribution is -0.142. The first kappa shape index (κ1) is 21.8. The van der Waals surface area contributed by atoms with E-state index in [9.17, 15) is 23.3 Å². The van der Waals surface area contributed by atoms with Crippen LogP contribution < -0.4 is 4.90 Å². The van der Waals surface area contributed by atoms with Crippen molar-refractivity contribution in [2.45, 2.75) is 33.2 Å². The van der Waals surface area contributed by atoms with Crippen LogP contribution in [0.15, 0.2) is 41.0 Å². The van der Waals surface area contributed by atoms with Crippen molar-refractivity contribution in [3.63, 3.8) is 0 Å². The van der Waals surface area contributed by atoms with Gasteiger partial charge in [0.15, 0.2) is 9.84 Å². The third kappa shape index (κ3) is 4.03. The van der Waals surface area contributed by atoms with Crippen LogP contribution in [0.4, 0.5) is 5.69 Å². The molecule has 2 amide bonds. The second-order valence-corrected chi connectivity index (χ2v) is 9.70. The van der Waals surface area contributed by atoms with E-state index < -0.39 is 27.7 Å². The number of carbonyl (C=O) groups excluding carboxylic acids is 2. The molecule has 1 aromatic carbocycles. The van der Waals surface area contributed by atoms with Crippen LogP contribution in [0.5, 0.6) is 0 Å². The molecule has 0 aliphatic carbocycles. The third-order valence-electron chi connectivity index (χ3n) is 5.68. The Morgan fingerprint density at radius 1 is 1.17 bits per heavy atom. The summed E-state index contributed by atoms with van der Waals surface area (Å²) in [5.74, 6) is -1.58. The Hall–Kier alpha value is -2.92. The highest BCUT2D eigenvalue weighted by Crippen LogP contribution is 2.31. The molecule has 0 aromatic heterocycles. The third-order valence-corrected chi connectivity index (χ3v) is 7.43. The first-order valence-electron chi connectivity index (χ1n) is 9.98. The van der Waals surface area contributed by atoms with E-state index in [1.54, 1.807) is 13.0 Å². The van der Waals surface area contributed by atoms with Crippen molar-refractivity contribution in [2.75, 3.05) is 29.5 Å². The van der Waals surface area contributed by atoms with Crippen molar-refractivity contribution in [3.05, 3.63) is 46.5 Å². The molecule has 1 saturated heterocycles. The molecule has 0 N–H and O–H groups in total. The van der Waals surface area contributed by atoms with Gasteiger partial charge < -0.3 is 4.90 Å². The maximum absolute atomic E-state index is 13.2. The molecule has 0 bridgehead atoms. The fourth-order valence-corrected chi connectivity index (χ4v) is 5.65. The molecule has 7 nitrogen and oxygen atoms in total. The molecule has 2 aliphatic heterocycles. The SMILES string of the molecule is CCN(CC)c1ccc(C=C2C(=O)N(C3CCS(=O)(=O)C3)C(=O)C(C#N)=C2C)cc1. The van der Waals surface area contributed by atoms with E-state index in [0.717, 1.165) is 29.2 Å². The largest absolute Gasteiger partial charge is 0.372 e. The molecule has 1 unspecified atom stereocenters. The summed E-state index contributed by atoms with van der Waals surface area (Å²) in [6.07, 6.45) is 1.85. The number of benzene rings is 1. The molecule has 0 saturated carbocycles. The number of imide groups is 1. The van der Waals surface area contributed by atoms with Gasteiger partial charge in [0.25, 0.3) is 11.8 Å². The van der Waals surface area contributed by atoms with Gasteiger partial charge in [-0.3, -0.25) is 14.5 Å². The van der Waals surface area contributed by atoms with Crippen LogP contribution in [0, 0.1) is 11.3 Å². The van der Waals surface area contributed by atoms with Gasteiger partial charge in [-0.2, -0.15) is 5.26 Å². The number of carbonyl (C=O) groups is 2. The minimum atomic E-state index is -3.29. The lowest BCUT2D eigenvalue weighted by Gasteiger charge is -2.31. The van der Waals surface area contributed by atoms with Crippen LogP contribution >= 0.6 is 0 Å². The summed E-state index contributed by atoms with van der Waals surface area (Å²) in [4.78, 5) is 29.1. The van der Waals surface area contributed by atoms with Gasteiger partial charge in [0.2, 0.25) is 0 Å². The lowest BCUT2D eigenvalue weighted by atomic mass is 9.92. The van der Waals surface area contributed by atoms with E-state index >= 15 is 0 Å². The lowest BCUT2D eigenvalue weighted by Crippen LogP contribution is -2.49. The predicted molar refractivity (Wildman–Crippen MR) is 115 cm³/mol. The number of nitrogens with zero attached hydrogens (tertiary/aromatic N) is 3. The van der Waals surface area contributed by atoms with Gasteiger partial charge in [-0.05, 0) is 56.5 Å². The van der Waals surface area contributed by atoms with Crippen LogP contribution in [0.1, 0.15) is 32.8 Å². The Morgan fingerprint density at radius 2 is 1.80 bits per heavy atom. The van der Waals surface area contributed by atoms with E-state index in [4.69, 9.17) is 0 Å².